The molecule has 3 rings (SSSR count). The highest BCUT2D eigenvalue weighted by Gasteiger charge is 2.29. The normalized spacial score (nSPS) is 10.8. The number of carbonyl (C=O) groups is 1. The second-order valence-electron chi connectivity index (χ2n) is 7.25. The van der Waals surface area contributed by atoms with E-state index in [1.165, 1.54) is 19.2 Å². The third-order valence-electron chi connectivity index (χ3n) is 4.95. The highest BCUT2D eigenvalue weighted by Crippen LogP contribution is 2.31. The van der Waals surface area contributed by atoms with Gasteiger partial charge in [0.05, 0.1) is 19.1 Å². The van der Waals surface area contributed by atoms with Crippen LogP contribution >= 0.6 is 0 Å². The third kappa shape index (κ3) is 6.61. The Labute approximate surface area is 190 Å². The first-order valence-corrected chi connectivity index (χ1v) is 10.3. The van der Waals surface area contributed by atoms with Gasteiger partial charge in [-0.05, 0) is 65.6 Å². The molecule has 0 aromatic heterocycles. The zero-order valence-electron chi connectivity index (χ0n) is 18.3. The molecule has 3 aromatic rings. The molecular formula is C27H23F3O3. The Hall–Kier alpha value is -3.76. The van der Waals surface area contributed by atoms with Gasteiger partial charge in [-0.1, -0.05) is 42.5 Å². The molecule has 0 saturated heterocycles. The number of halogens is 3. The summed E-state index contributed by atoms with van der Waals surface area (Å²) >= 11 is 0. The lowest BCUT2D eigenvalue weighted by atomic mass is 10.0. The van der Waals surface area contributed by atoms with Crippen molar-refractivity contribution in [1.82, 2.24) is 0 Å². The highest BCUT2D eigenvalue weighted by atomic mass is 19.4. The van der Waals surface area contributed by atoms with E-state index in [0.29, 0.717) is 17.9 Å². The van der Waals surface area contributed by atoms with Crippen LogP contribution < -0.4 is 4.74 Å². The van der Waals surface area contributed by atoms with Crippen molar-refractivity contribution in [2.45, 2.75) is 26.1 Å². The minimum Gasteiger partial charge on any atom is -0.489 e. The van der Waals surface area contributed by atoms with Gasteiger partial charge in [-0.25, -0.2) is 0 Å². The molecule has 0 aliphatic rings. The van der Waals surface area contributed by atoms with Crippen molar-refractivity contribution in [3.8, 4) is 16.9 Å². The Morgan fingerprint density at radius 2 is 1.67 bits per heavy atom. The largest absolute Gasteiger partial charge is 0.489 e. The summed E-state index contributed by atoms with van der Waals surface area (Å²) in [6, 6.07) is 19.9. The Kier molecular flexibility index (Phi) is 7.75. The number of hydrogen-bond donors (Lipinski definition) is 0. The minimum absolute atomic E-state index is 0.123. The Morgan fingerprint density at radius 3 is 2.27 bits per heavy atom. The molecule has 6 heteroatoms. The quantitative estimate of drug-likeness (QED) is 0.284. The summed E-state index contributed by atoms with van der Waals surface area (Å²) < 4.78 is 49.0. The van der Waals surface area contributed by atoms with Crippen LogP contribution in [0.3, 0.4) is 0 Å². The van der Waals surface area contributed by atoms with Gasteiger partial charge in [0.15, 0.2) is 0 Å². The lowest BCUT2D eigenvalue weighted by molar-refractivity contribution is -0.139. The van der Waals surface area contributed by atoms with Gasteiger partial charge in [-0.15, -0.1) is 5.73 Å². The second kappa shape index (κ2) is 10.7. The van der Waals surface area contributed by atoms with Gasteiger partial charge in [0.1, 0.15) is 12.4 Å². The maximum atomic E-state index is 12.8. The average molecular weight is 452 g/mol. The molecule has 3 aromatic carbocycles. The Bertz CT molecular complexity index is 1150. The summed E-state index contributed by atoms with van der Waals surface area (Å²) in [5.41, 5.74) is 6.35. The van der Waals surface area contributed by atoms with E-state index in [1.807, 2.05) is 55.5 Å². The summed E-state index contributed by atoms with van der Waals surface area (Å²) in [4.78, 5) is 11.6. The topological polar surface area (TPSA) is 35.5 Å². The zero-order chi connectivity index (χ0) is 23.8. The molecule has 0 unspecified atom stereocenters. The van der Waals surface area contributed by atoms with Gasteiger partial charge in [-0.2, -0.15) is 13.2 Å². The molecule has 0 bridgehead atoms. The summed E-state index contributed by atoms with van der Waals surface area (Å²) in [6.07, 6.45) is -2.49. The highest BCUT2D eigenvalue weighted by molar-refractivity contribution is 5.84. The molecule has 0 radical (unpaired) electrons. The van der Waals surface area contributed by atoms with E-state index >= 15 is 0 Å². The van der Waals surface area contributed by atoms with Crippen LogP contribution in [0.25, 0.3) is 16.7 Å². The molecule has 170 valence electrons. The molecular weight excluding hydrogens is 429 g/mol. The number of ether oxygens (including phenoxy) is 2. The fraction of sp³-hybridized carbons (Fsp3) is 0.185. The number of carbonyl (C=O) groups excluding carboxylic acids is 1. The van der Waals surface area contributed by atoms with Crippen LogP contribution in [0, 0.1) is 0 Å². The summed E-state index contributed by atoms with van der Waals surface area (Å²) in [5.74, 6) is 0.309. The molecule has 0 aliphatic heterocycles. The van der Waals surface area contributed by atoms with Crippen molar-refractivity contribution in [3.63, 3.8) is 0 Å². The lowest BCUT2D eigenvalue weighted by Crippen LogP contribution is -2.04. The van der Waals surface area contributed by atoms with Crippen LogP contribution in [0.2, 0.25) is 0 Å². The monoisotopic (exact) mass is 452 g/mol. The summed E-state index contributed by atoms with van der Waals surface area (Å²) in [7, 11) is 1.35. The van der Waals surface area contributed by atoms with Crippen molar-refractivity contribution in [2.75, 3.05) is 7.11 Å². The SMILES string of the molecule is CC=C=C(CC(=O)OC)c1ccc(OCc2cccc(-c3ccc(C(F)(F)F)cc3)c2)cc1. The molecule has 0 atom stereocenters. The fourth-order valence-corrected chi connectivity index (χ4v) is 3.24. The van der Waals surface area contributed by atoms with Crippen LogP contribution in [0.4, 0.5) is 13.2 Å². The van der Waals surface area contributed by atoms with Crippen LogP contribution in [-0.2, 0) is 22.3 Å². The molecule has 0 spiro atoms. The maximum Gasteiger partial charge on any atom is 0.416 e. The van der Waals surface area contributed by atoms with Crippen LogP contribution in [0.15, 0.2) is 84.6 Å². The maximum absolute atomic E-state index is 12.8. The molecule has 0 amide bonds. The molecule has 0 aliphatic carbocycles. The van der Waals surface area contributed by atoms with Crippen molar-refractivity contribution in [1.29, 1.82) is 0 Å². The zero-order valence-corrected chi connectivity index (χ0v) is 18.3. The summed E-state index contributed by atoms with van der Waals surface area (Å²) in [5, 5.41) is 0. The fourth-order valence-electron chi connectivity index (χ4n) is 3.24. The standard InChI is InChI=1S/C27H23F3O3/c1-3-5-22(17-26(31)32-2)21-10-14-25(15-11-21)33-18-19-6-4-7-23(16-19)20-8-12-24(13-9-20)27(28,29)30/h3-4,6-16H,17-18H2,1-2H3. The van der Waals surface area contributed by atoms with Crippen LogP contribution in [-0.4, -0.2) is 13.1 Å². The Balaban J connectivity index is 1.68. The number of hydrogen-bond acceptors (Lipinski definition) is 3. The van der Waals surface area contributed by atoms with E-state index in [-0.39, 0.29) is 12.4 Å². The van der Waals surface area contributed by atoms with E-state index in [4.69, 9.17) is 9.47 Å². The predicted octanol–water partition coefficient (Wildman–Crippen LogP) is 7.07. The first-order chi connectivity index (χ1) is 15.8. The molecule has 3 nitrogen and oxygen atoms in total. The lowest BCUT2D eigenvalue weighted by Gasteiger charge is -2.11. The first kappa shape index (κ1) is 23.9. The number of benzene rings is 3. The molecule has 33 heavy (non-hydrogen) atoms. The van der Waals surface area contributed by atoms with Gasteiger partial charge in [0.2, 0.25) is 0 Å². The predicted molar refractivity (Wildman–Crippen MR) is 121 cm³/mol. The number of esters is 1. The van der Waals surface area contributed by atoms with E-state index in [1.54, 1.807) is 6.08 Å². The number of methoxy groups -OCH3 is 1. The van der Waals surface area contributed by atoms with Gasteiger partial charge in [0, 0.05) is 5.57 Å². The number of rotatable bonds is 7. The Morgan fingerprint density at radius 1 is 0.970 bits per heavy atom. The van der Waals surface area contributed by atoms with E-state index in [0.717, 1.165) is 34.4 Å². The minimum atomic E-state index is -4.35. The van der Waals surface area contributed by atoms with Gasteiger partial charge in [-0.3, -0.25) is 4.79 Å². The van der Waals surface area contributed by atoms with E-state index < -0.39 is 11.7 Å². The van der Waals surface area contributed by atoms with Crippen LogP contribution in [0.1, 0.15) is 30.0 Å². The molecule has 0 heterocycles. The molecule has 0 saturated carbocycles. The third-order valence-corrected chi connectivity index (χ3v) is 4.95. The van der Waals surface area contributed by atoms with E-state index in [9.17, 15) is 18.0 Å². The molecule has 0 N–H and O–H groups in total. The van der Waals surface area contributed by atoms with Gasteiger partial charge < -0.3 is 9.47 Å². The van der Waals surface area contributed by atoms with Crippen LogP contribution in [0.5, 0.6) is 5.75 Å². The van der Waals surface area contributed by atoms with Crippen molar-refractivity contribution >= 4 is 11.5 Å². The average Bonchev–Trinajstić information content (AvgIpc) is 2.82. The number of alkyl halides is 3. The van der Waals surface area contributed by atoms with E-state index in [2.05, 4.69) is 5.73 Å². The molecule has 0 fully saturated rings. The van der Waals surface area contributed by atoms with Crippen molar-refractivity contribution in [3.05, 3.63) is 101 Å². The van der Waals surface area contributed by atoms with Gasteiger partial charge in [0.25, 0.3) is 0 Å². The van der Waals surface area contributed by atoms with Crippen molar-refractivity contribution < 1.29 is 27.4 Å². The first-order valence-electron chi connectivity index (χ1n) is 10.3. The smallest absolute Gasteiger partial charge is 0.416 e. The second-order valence-corrected chi connectivity index (χ2v) is 7.25. The van der Waals surface area contributed by atoms with Crippen molar-refractivity contribution in [2.24, 2.45) is 0 Å². The van der Waals surface area contributed by atoms with Gasteiger partial charge >= 0.3 is 12.1 Å². The summed E-state index contributed by atoms with van der Waals surface area (Å²) in [6.45, 7) is 2.13.